The van der Waals surface area contributed by atoms with E-state index in [-0.39, 0.29) is 0 Å². The molecule has 4 nitrogen and oxygen atoms in total. The summed E-state index contributed by atoms with van der Waals surface area (Å²) in [6.45, 7) is 10.1. The zero-order valence-electron chi connectivity index (χ0n) is 28.8. The highest BCUT2D eigenvalue weighted by molar-refractivity contribution is 7.42. The van der Waals surface area contributed by atoms with Crippen LogP contribution in [-0.4, -0.2) is 18.3 Å². The Morgan fingerprint density at radius 2 is 0.909 bits per heavy atom. The van der Waals surface area contributed by atoms with Crippen LogP contribution in [0.3, 0.4) is 0 Å². The Labute approximate surface area is 272 Å². The lowest BCUT2D eigenvalue weighted by Gasteiger charge is -2.29. The van der Waals surface area contributed by atoms with Crippen LogP contribution in [0, 0.1) is 0 Å². The third-order valence-electron chi connectivity index (χ3n) is 8.70. The minimum atomic E-state index is -1.51. The molecule has 0 heterocycles. The van der Waals surface area contributed by atoms with E-state index in [1.807, 2.05) is 36.4 Å². The first-order valence-corrected chi connectivity index (χ1v) is 19.2. The maximum atomic E-state index is 10.6. The molecule has 0 saturated carbocycles. The molecule has 0 radical (unpaired) electrons. The summed E-state index contributed by atoms with van der Waals surface area (Å²) in [6, 6.07) is 15.7. The summed E-state index contributed by atoms with van der Waals surface area (Å²) in [5.41, 5.74) is 1.44. The highest BCUT2D eigenvalue weighted by atomic mass is 31.2. The molecule has 0 saturated heterocycles. The van der Waals surface area contributed by atoms with Crippen LogP contribution in [0.5, 0.6) is 11.5 Å². The number of phenols is 1. The molecular formula is C39H65O4P. The number of benzene rings is 2. The van der Waals surface area contributed by atoms with Crippen LogP contribution in [0.4, 0.5) is 0 Å². The molecule has 1 N–H and O–H groups in total. The average molecular weight is 629 g/mol. The molecule has 0 aliphatic rings. The van der Waals surface area contributed by atoms with Crippen LogP contribution in [0.15, 0.2) is 48.5 Å². The van der Waals surface area contributed by atoms with Crippen LogP contribution >= 0.6 is 8.60 Å². The van der Waals surface area contributed by atoms with Crippen molar-refractivity contribution in [1.29, 1.82) is 0 Å². The van der Waals surface area contributed by atoms with Gasteiger partial charge in [-0.15, -0.1) is 0 Å². The highest BCUT2D eigenvalue weighted by Crippen LogP contribution is 2.47. The van der Waals surface area contributed by atoms with Gasteiger partial charge in [0.25, 0.3) is 0 Å². The SMILES string of the molecule is CCCCCCCCCCCCOP(OCCCCCCCCCCCC)Oc1ccccc1C(C)(C)c1ccccc1O. The summed E-state index contributed by atoms with van der Waals surface area (Å²) in [7, 11) is -1.51. The predicted molar refractivity (Wildman–Crippen MR) is 190 cm³/mol. The van der Waals surface area contributed by atoms with Crippen LogP contribution in [-0.2, 0) is 14.5 Å². The molecule has 0 atom stereocenters. The summed E-state index contributed by atoms with van der Waals surface area (Å²) in [6.07, 6.45) is 26.0. The van der Waals surface area contributed by atoms with Crippen molar-refractivity contribution in [3.05, 3.63) is 59.7 Å². The molecule has 2 aromatic carbocycles. The van der Waals surface area contributed by atoms with Crippen LogP contribution in [0.1, 0.15) is 167 Å². The monoisotopic (exact) mass is 628 g/mol. The zero-order chi connectivity index (χ0) is 31.7. The lowest BCUT2D eigenvalue weighted by molar-refractivity contribution is 0.198. The van der Waals surface area contributed by atoms with Crippen molar-refractivity contribution in [2.24, 2.45) is 0 Å². The third-order valence-corrected chi connectivity index (χ3v) is 9.83. The Balaban J connectivity index is 1.87. The first-order chi connectivity index (χ1) is 21.5. The fourth-order valence-electron chi connectivity index (χ4n) is 5.84. The number of rotatable bonds is 28. The van der Waals surface area contributed by atoms with Gasteiger partial charge in [-0.1, -0.05) is 180 Å². The minimum Gasteiger partial charge on any atom is -0.508 e. The van der Waals surface area contributed by atoms with Crippen molar-refractivity contribution < 1.29 is 18.7 Å². The van der Waals surface area contributed by atoms with Gasteiger partial charge >= 0.3 is 8.60 Å². The first kappa shape index (κ1) is 38.6. The Hall–Kier alpha value is -1.61. The lowest BCUT2D eigenvalue weighted by atomic mass is 9.77. The summed E-state index contributed by atoms with van der Waals surface area (Å²) in [5, 5.41) is 10.6. The van der Waals surface area contributed by atoms with Gasteiger partial charge in [0, 0.05) is 16.5 Å². The van der Waals surface area contributed by atoms with Gasteiger partial charge in [-0.2, -0.15) is 0 Å². The van der Waals surface area contributed by atoms with E-state index in [1.165, 1.54) is 116 Å². The normalized spacial score (nSPS) is 11.8. The van der Waals surface area contributed by atoms with Gasteiger partial charge < -0.3 is 18.7 Å². The van der Waals surface area contributed by atoms with Gasteiger partial charge in [-0.25, -0.2) is 0 Å². The fourth-order valence-corrected chi connectivity index (χ4v) is 6.89. The van der Waals surface area contributed by atoms with E-state index in [4.69, 9.17) is 13.6 Å². The van der Waals surface area contributed by atoms with E-state index >= 15 is 0 Å². The minimum absolute atomic E-state index is 0.295. The first-order valence-electron chi connectivity index (χ1n) is 18.1. The lowest BCUT2D eigenvalue weighted by Crippen LogP contribution is -2.20. The van der Waals surface area contributed by atoms with Crippen molar-refractivity contribution in [3.63, 3.8) is 0 Å². The Morgan fingerprint density at radius 3 is 1.36 bits per heavy atom. The molecule has 0 amide bonds. The largest absolute Gasteiger partial charge is 0.508 e. The van der Waals surface area contributed by atoms with Crippen LogP contribution < -0.4 is 4.52 Å². The molecule has 0 bridgehead atoms. The Morgan fingerprint density at radius 1 is 0.523 bits per heavy atom. The highest BCUT2D eigenvalue weighted by Gasteiger charge is 2.30. The van der Waals surface area contributed by atoms with E-state index in [0.717, 1.165) is 29.7 Å². The molecule has 0 spiro atoms. The quantitative estimate of drug-likeness (QED) is 0.0752. The number of para-hydroxylation sites is 2. The van der Waals surface area contributed by atoms with Crippen LogP contribution in [0.2, 0.25) is 0 Å². The van der Waals surface area contributed by atoms with Gasteiger partial charge in [0.05, 0.1) is 13.2 Å². The van der Waals surface area contributed by atoms with Gasteiger partial charge in [0.15, 0.2) is 0 Å². The van der Waals surface area contributed by atoms with E-state index in [0.29, 0.717) is 19.0 Å². The number of aromatic hydroxyl groups is 1. The second kappa shape index (κ2) is 24.6. The van der Waals surface area contributed by atoms with Gasteiger partial charge in [0.1, 0.15) is 11.5 Å². The standard InChI is InChI=1S/C39H65O4P/c1-5-7-9-11-13-15-17-19-21-27-33-41-44(42-34-28-22-20-18-16-14-12-10-8-6-2)43-38-32-26-24-30-36(38)39(3,4)35-29-23-25-31-37(35)40/h23-26,29-32,40H,5-22,27-28,33-34H2,1-4H3. The molecule has 250 valence electrons. The van der Waals surface area contributed by atoms with E-state index in [1.54, 1.807) is 6.07 Å². The summed E-state index contributed by atoms with van der Waals surface area (Å²) in [4.78, 5) is 0. The van der Waals surface area contributed by atoms with Crippen molar-refractivity contribution in [2.75, 3.05) is 13.2 Å². The number of hydrogen-bond acceptors (Lipinski definition) is 4. The second-order valence-electron chi connectivity index (χ2n) is 13.0. The number of hydrogen-bond donors (Lipinski definition) is 1. The molecule has 2 rings (SSSR count). The maximum Gasteiger partial charge on any atom is 0.397 e. The smallest absolute Gasteiger partial charge is 0.397 e. The van der Waals surface area contributed by atoms with Crippen molar-refractivity contribution in [3.8, 4) is 11.5 Å². The topological polar surface area (TPSA) is 47.9 Å². The number of unbranched alkanes of at least 4 members (excludes halogenated alkanes) is 18. The maximum absolute atomic E-state index is 10.6. The van der Waals surface area contributed by atoms with Crippen molar-refractivity contribution >= 4 is 8.60 Å². The second-order valence-corrected chi connectivity index (χ2v) is 14.1. The van der Waals surface area contributed by atoms with E-state index < -0.39 is 14.0 Å². The third kappa shape index (κ3) is 16.1. The molecule has 0 fully saturated rings. The van der Waals surface area contributed by atoms with E-state index in [9.17, 15) is 5.11 Å². The van der Waals surface area contributed by atoms with Crippen LogP contribution in [0.25, 0.3) is 0 Å². The summed E-state index contributed by atoms with van der Waals surface area (Å²) >= 11 is 0. The van der Waals surface area contributed by atoms with E-state index in [2.05, 4.69) is 33.8 Å². The molecule has 44 heavy (non-hydrogen) atoms. The zero-order valence-corrected chi connectivity index (χ0v) is 29.7. The van der Waals surface area contributed by atoms with Gasteiger partial charge in [0.2, 0.25) is 0 Å². The summed E-state index contributed by atoms with van der Waals surface area (Å²) < 4.78 is 19.1. The number of phenolic OH excluding ortho intramolecular Hbond substituents is 1. The Bertz CT molecular complexity index is 937. The van der Waals surface area contributed by atoms with Crippen molar-refractivity contribution in [2.45, 2.75) is 162 Å². The molecule has 0 unspecified atom stereocenters. The molecule has 0 aliphatic carbocycles. The molecular weight excluding hydrogens is 563 g/mol. The summed E-state index contributed by atoms with van der Waals surface area (Å²) in [5.74, 6) is 1.06. The molecule has 0 aromatic heterocycles. The van der Waals surface area contributed by atoms with Crippen molar-refractivity contribution in [1.82, 2.24) is 0 Å². The fraction of sp³-hybridized carbons (Fsp3) is 0.692. The molecule has 0 aliphatic heterocycles. The van der Waals surface area contributed by atoms with Gasteiger partial charge in [-0.3, -0.25) is 0 Å². The predicted octanol–water partition coefficient (Wildman–Crippen LogP) is 13.2. The molecule has 2 aromatic rings. The Kier molecular flexibility index (Phi) is 21.6. The molecule has 5 heteroatoms. The average Bonchev–Trinajstić information content (AvgIpc) is 3.02. The van der Waals surface area contributed by atoms with Gasteiger partial charge in [-0.05, 0) is 25.0 Å².